The van der Waals surface area contributed by atoms with Gasteiger partial charge in [-0.15, -0.1) is 0 Å². The van der Waals surface area contributed by atoms with Gasteiger partial charge in [0, 0.05) is 26.2 Å². The number of hydrogen-bond donors (Lipinski definition) is 1. The Hall–Kier alpha value is -1.89. The number of aryl methyl sites for hydroxylation is 1. The van der Waals surface area contributed by atoms with Crippen LogP contribution in [0.5, 0.6) is 0 Å². The van der Waals surface area contributed by atoms with Crippen LogP contribution in [0.4, 0.5) is 11.8 Å². The molecule has 0 bridgehead atoms. The monoisotopic (exact) mass is 330 g/mol. The number of hydrogen-bond acceptors (Lipinski definition) is 6. The lowest BCUT2D eigenvalue weighted by Gasteiger charge is -2.28. The fourth-order valence-corrected chi connectivity index (χ4v) is 3.69. The van der Waals surface area contributed by atoms with E-state index in [1.54, 1.807) is 0 Å². The Morgan fingerprint density at radius 1 is 1.08 bits per heavy atom. The Kier molecular flexibility index (Phi) is 4.51. The fourth-order valence-electron chi connectivity index (χ4n) is 3.69. The van der Waals surface area contributed by atoms with Gasteiger partial charge < -0.3 is 15.0 Å². The molecule has 0 spiro atoms. The van der Waals surface area contributed by atoms with E-state index in [-0.39, 0.29) is 0 Å². The lowest BCUT2D eigenvalue weighted by Crippen LogP contribution is -2.37. The normalized spacial score (nSPS) is 20.3. The topological polar surface area (TPSA) is 68.1 Å². The predicted molar refractivity (Wildman–Crippen MR) is 94.4 cm³/mol. The first-order chi connectivity index (χ1) is 11.8. The summed E-state index contributed by atoms with van der Waals surface area (Å²) in [6.07, 6.45) is 9.57. The van der Waals surface area contributed by atoms with Crippen LogP contribution in [-0.2, 0) is 11.8 Å². The van der Waals surface area contributed by atoms with E-state index < -0.39 is 0 Å². The minimum atomic E-state index is 0.482. The highest BCUT2D eigenvalue weighted by atomic mass is 16.5. The fraction of sp³-hybridized carbons (Fsp3) is 0.706. The van der Waals surface area contributed by atoms with E-state index in [0.717, 1.165) is 49.1 Å². The van der Waals surface area contributed by atoms with Crippen molar-refractivity contribution in [2.45, 2.75) is 44.6 Å². The molecule has 7 heteroatoms. The average molecular weight is 330 g/mol. The molecule has 0 aromatic carbocycles. The number of ether oxygens (including phenoxy) is 1. The van der Waals surface area contributed by atoms with Gasteiger partial charge in [-0.05, 0) is 12.8 Å². The third-order valence-electron chi connectivity index (χ3n) is 5.07. The Morgan fingerprint density at radius 2 is 1.83 bits per heavy atom. The number of morpholine rings is 1. The van der Waals surface area contributed by atoms with Crippen LogP contribution < -0.4 is 10.2 Å². The van der Waals surface area contributed by atoms with E-state index in [9.17, 15) is 0 Å². The Morgan fingerprint density at radius 3 is 2.58 bits per heavy atom. The first-order valence-corrected chi connectivity index (χ1v) is 9.10. The van der Waals surface area contributed by atoms with Crippen molar-refractivity contribution in [1.29, 1.82) is 0 Å². The zero-order valence-corrected chi connectivity index (χ0v) is 14.4. The van der Waals surface area contributed by atoms with E-state index in [1.165, 1.54) is 38.5 Å². The largest absolute Gasteiger partial charge is 0.378 e. The maximum Gasteiger partial charge on any atom is 0.226 e. The molecule has 1 aliphatic carbocycles. The van der Waals surface area contributed by atoms with Crippen molar-refractivity contribution in [3.05, 3.63) is 6.20 Å². The molecule has 2 aromatic heterocycles. The maximum atomic E-state index is 5.48. The molecule has 0 atom stereocenters. The summed E-state index contributed by atoms with van der Waals surface area (Å²) in [5.41, 5.74) is 0.891. The molecular formula is C17H26N6O. The zero-order valence-electron chi connectivity index (χ0n) is 14.4. The summed E-state index contributed by atoms with van der Waals surface area (Å²) in [5.74, 6) is 1.71. The van der Waals surface area contributed by atoms with Crippen LogP contribution in [0.15, 0.2) is 6.20 Å². The van der Waals surface area contributed by atoms with Crippen LogP contribution in [-0.4, -0.2) is 52.1 Å². The summed E-state index contributed by atoms with van der Waals surface area (Å²) in [6.45, 7) is 3.22. The van der Waals surface area contributed by atoms with Gasteiger partial charge >= 0.3 is 0 Å². The van der Waals surface area contributed by atoms with Gasteiger partial charge in [0.1, 0.15) is 5.82 Å². The van der Waals surface area contributed by atoms with Crippen LogP contribution >= 0.6 is 0 Å². The van der Waals surface area contributed by atoms with Crippen molar-refractivity contribution >= 4 is 22.8 Å². The molecule has 4 rings (SSSR count). The maximum absolute atomic E-state index is 5.48. The second-order valence-corrected chi connectivity index (χ2v) is 6.81. The Bertz CT molecular complexity index is 686. The van der Waals surface area contributed by atoms with Crippen molar-refractivity contribution in [2.75, 3.05) is 36.5 Å². The number of fused-ring (bicyclic) bond motifs is 1. The van der Waals surface area contributed by atoms with Gasteiger partial charge in [0.15, 0.2) is 5.65 Å². The molecule has 0 amide bonds. The van der Waals surface area contributed by atoms with Crippen molar-refractivity contribution in [1.82, 2.24) is 19.7 Å². The Labute approximate surface area is 142 Å². The molecule has 2 fully saturated rings. The molecular weight excluding hydrogens is 304 g/mol. The minimum absolute atomic E-state index is 0.482. The molecule has 1 N–H and O–H groups in total. The third kappa shape index (κ3) is 3.17. The van der Waals surface area contributed by atoms with E-state index in [1.807, 2.05) is 17.9 Å². The highest BCUT2D eigenvalue weighted by Gasteiger charge is 2.21. The van der Waals surface area contributed by atoms with Gasteiger partial charge in [0.05, 0.1) is 24.8 Å². The van der Waals surface area contributed by atoms with Gasteiger partial charge in [-0.1, -0.05) is 25.7 Å². The molecule has 0 radical (unpaired) electrons. The molecule has 2 aliphatic rings. The van der Waals surface area contributed by atoms with Gasteiger partial charge in [-0.2, -0.15) is 15.1 Å². The average Bonchev–Trinajstić information content (AvgIpc) is 2.83. The molecule has 3 heterocycles. The smallest absolute Gasteiger partial charge is 0.226 e. The van der Waals surface area contributed by atoms with Crippen LogP contribution in [0.2, 0.25) is 0 Å². The summed E-state index contributed by atoms with van der Waals surface area (Å²) in [4.78, 5) is 11.9. The second-order valence-electron chi connectivity index (χ2n) is 6.81. The van der Waals surface area contributed by atoms with Crippen molar-refractivity contribution < 1.29 is 4.74 Å². The summed E-state index contributed by atoms with van der Waals surface area (Å²) in [6, 6.07) is 0.482. The van der Waals surface area contributed by atoms with Gasteiger partial charge in [0.25, 0.3) is 0 Å². The van der Waals surface area contributed by atoms with Crippen LogP contribution in [0.3, 0.4) is 0 Å². The first kappa shape index (κ1) is 15.6. The minimum Gasteiger partial charge on any atom is -0.378 e. The van der Waals surface area contributed by atoms with Gasteiger partial charge in [-0.25, -0.2) is 0 Å². The highest BCUT2D eigenvalue weighted by molar-refractivity contribution is 5.88. The van der Waals surface area contributed by atoms with Gasteiger partial charge in [0.2, 0.25) is 5.95 Å². The molecule has 130 valence electrons. The van der Waals surface area contributed by atoms with E-state index in [2.05, 4.69) is 15.3 Å². The summed E-state index contributed by atoms with van der Waals surface area (Å²) < 4.78 is 7.32. The standard InChI is InChI=1S/C17H26N6O/c1-22-15-14(12-18-22)16(23-8-10-24-11-9-23)21-17(20-15)19-13-6-4-2-3-5-7-13/h12-13H,2-11H2,1H3,(H,19,20,21). The van der Waals surface area contributed by atoms with Crippen molar-refractivity contribution in [3.63, 3.8) is 0 Å². The van der Waals surface area contributed by atoms with Crippen molar-refractivity contribution in [2.24, 2.45) is 7.05 Å². The number of nitrogens with zero attached hydrogens (tertiary/aromatic N) is 5. The number of rotatable bonds is 3. The summed E-state index contributed by atoms with van der Waals surface area (Å²) in [5, 5.41) is 8.99. The highest BCUT2D eigenvalue weighted by Crippen LogP contribution is 2.27. The van der Waals surface area contributed by atoms with Crippen LogP contribution in [0.25, 0.3) is 11.0 Å². The molecule has 0 unspecified atom stereocenters. The second kappa shape index (κ2) is 6.93. The van der Waals surface area contributed by atoms with Crippen molar-refractivity contribution in [3.8, 4) is 0 Å². The van der Waals surface area contributed by atoms with E-state index in [0.29, 0.717) is 6.04 Å². The number of anilines is 2. The zero-order chi connectivity index (χ0) is 16.4. The number of nitrogens with one attached hydrogen (secondary N) is 1. The molecule has 1 saturated heterocycles. The lowest BCUT2D eigenvalue weighted by atomic mass is 10.1. The van der Waals surface area contributed by atoms with Crippen LogP contribution in [0.1, 0.15) is 38.5 Å². The lowest BCUT2D eigenvalue weighted by molar-refractivity contribution is 0.122. The SMILES string of the molecule is Cn1ncc2c(N3CCOCC3)nc(NC3CCCCCC3)nc21. The quantitative estimate of drug-likeness (QED) is 0.871. The predicted octanol–water partition coefficient (Wildman–Crippen LogP) is 2.33. The van der Waals surface area contributed by atoms with Gasteiger partial charge in [-0.3, -0.25) is 4.68 Å². The summed E-state index contributed by atoms with van der Waals surface area (Å²) >= 11 is 0. The summed E-state index contributed by atoms with van der Waals surface area (Å²) in [7, 11) is 1.94. The van der Waals surface area contributed by atoms with E-state index in [4.69, 9.17) is 14.7 Å². The first-order valence-electron chi connectivity index (χ1n) is 9.10. The molecule has 2 aromatic rings. The molecule has 7 nitrogen and oxygen atoms in total. The molecule has 1 aliphatic heterocycles. The van der Waals surface area contributed by atoms with Crippen LogP contribution in [0, 0.1) is 0 Å². The third-order valence-corrected chi connectivity index (χ3v) is 5.07. The Balaban J connectivity index is 1.66. The molecule has 24 heavy (non-hydrogen) atoms. The molecule has 1 saturated carbocycles. The number of aromatic nitrogens is 4. The van der Waals surface area contributed by atoms with E-state index >= 15 is 0 Å².